The number of anilines is 1. The van der Waals surface area contributed by atoms with E-state index in [1.54, 1.807) is 48.7 Å². The molecule has 1 amide bonds. The van der Waals surface area contributed by atoms with E-state index < -0.39 is 0 Å². The maximum absolute atomic E-state index is 12.9. The van der Waals surface area contributed by atoms with E-state index in [0.717, 1.165) is 18.0 Å². The number of thioether (sulfide) groups is 1. The third-order valence-electron chi connectivity index (χ3n) is 5.42. The fourth-order valence-electron chi connectivity index (χ4n) is 3.65. The number of ketones is 2. The van der Waals surface area contributed by atoms with Crippen LogP contribution in [-0.4, -0.2) is 32.3 Å². The Kier molecular flexibility index (Phi) is 4.55. The zero-order valence-electron chi connectivity index (χ0n) is 16.3. The van der Waals surface area contributed by atoms with Crippen molar-refractivity contribution in [1.82, 2.24) is 9.55 Å². The number of hydrogen-bond donors (Lipinski definition) is 1. The largest absolute Gasteiger partial charge is 0.325 e. The molecule has 0 spiro atoms. The second kappa shape index (κ2) is 7.25. The van der Waals surface area contributed by atoms with Crippen LogP contribution in [0, 0.1) is 0 Å². The molecule has 1 saturated carbocycles. The Labute approximate surface area is 177 Å². The van der Waals surface area contributed by atoms with E-state index in [2.05, 4.69) is 14.9 Å². The van der Waals surface area contributed by atoms with E-state index in [4.69, 9.17) is 0 Å². The summed E-state index contributed by atoms with van der Waals surface area (Å²) < 4.78 is 2.12. The molecule has 30 heavy (non-hydrogen) atoms. The smallest absolute Gasteiger partial charge is 0.237 e. The van der Waals surface area contributed by atoms with Gasteiger partial charge in [-0.15, -0.1) is 0 Å². The lowest BCUT2D eigenvalue weighted by molar-refractivity contribution is -0.115. The minimum atomic E-state index is -0.362. The van der Waals surface area contributed by atoms with Crippen molar-refractivity contribution in [3.05, 3.63) is 77.1 Å². The van der Waals surface area contributed by atoms with Gasteiger partial charge in [0.05, 0.1) is 5.25 Å². The quantitative estimate of drug-likeness (QED) is 0.494. The number of imidazole rings is 1. The number of amides is 1. The summed E-state index contributed by atoms with van der Waals surface area (Å²) in [5.74, 6) is -0.556. The summed E-state index contributed by atoms with van der Waals surface area (Å²) in [7, 11) is 0. The Balaban J connectivity index is 1.34. The molecule has 1 heterocycles. The monoisotopic (exact) mass is 417 g/mol. The van der Waals surface area contributed by atoms with E-state index in [0.29, 0.717) is 34.0 Å². The number of nitrogens with one attached hydrogen (secondary N) is 1. The number of aromatic nitrogens is 2. The highest BCUT2D eigenvalue weighted by molar-refractivity contribution is 8.00. The lowest BCUT2D eigenvalue weighted by atomic mass is 9.84. The second-order valence-corrected chi connectivity index (χ2v) is 8.87. The van der Waals surface area contributed by atoms with Gasteiger partial charge in [-0.2, -0.15) is 0 Å². The summed E-state index contributed by atoms with van der Waals surface area (Å²) >= 11 is 1.41. The van der Waals surface area contributed by atoms with Gasteiger partial charge in [-0.05, 0) is 38.0 Å². The minimum Gasteiger partial charge on any atom is -0.325 e. The molecule has 2 aliphatic rings. The Morgan fingerprint density at radius 1 is 1.07 bits per heavy atom. The normalized spacial score (nSPS) is 16.0. The van der Waals surface area contributed by atoms with Crippen molar-refractivity contribution in [1.29, 1.82) is 0 Å². The van der Waals surface area contributed by atoms with E-state index in [-0.39, 0.29) is 22.7 Å². The van der Waals surface area contributed by atoms with Gasteiger partial charge in [-0.3, -0.25) is 14.4 Å². The number of carbonyl (C=O) groups is 3. The molecule has 3 aromatic rings. The molecule has 5 rings (SSSR count). The summed E-state index contributed by atoms with van der Waals surface area (Å²) in [6.45, 7) is 1.83. The van der Waals surface area contributed by atoms with Crippen molar-refractivity contribution in [3.63, 3.8) is 0 Å². The molecule has 2 aliphatic carbocycles. The molecular weight excluding hydrogens is 398 g/mol. The predicted molar refractivity (Wildman–Crippen MR) is 114 cm³/mol. The zero-order valence-corrected chi connectivity index (χ0v) is 17.1. The van der Waals surface area contributed by atoms with Crippen LogP contribution in [0.2, 0.25) is 0 Å². The van der Waals surface area contributed by atoms with E-state index in [1.807, 2.05) is 13.1 Å². The SMILES string of the molecule is CC(Sc1nccn1C1CC1)C(=O)Nc1ccc2c(c1)C(=O)c1ccccc1C2=O. The highest BCUT2D eigenvalue weighted by Gasteiger charge is 2.30. The maximum Gasteiger partial charge on any atom is 0.237 e. The molecule has 1 fully saturated rings. The summed E-state index contributed by atoms with van der Waals surface area (Å²) in [6, 6.07) is 12.2. The number of nitrogens with zero attached hydrogens (tertiary/aromatic N) is 2. The van der Waals surface area contributed by atoms with Crippen LogP contribution in [0.5, 0.6) is 0 Å². The first kappa shape index (κ1) is 18.8. The summed E-state index contributed by atoms with van der Waals surface area (Å²) in [5.41, 5.74) is 2.00. The molecular formula is C23H19N3O3S. The lowest BCUT2D eigenvalue weighted by Gasteiger charge is -2.19. The van der Waals surface area contributed by atoms with Crippen LogP contribution in [0.3, 0.4) is 0 Å². The molecule has 0 aliphatic heterocycles. The average Bonchev–Trinajstić information content (AvgIpc) is 3.50. The third kappa shape index (κ3) is 3.25. The number of carbonyl (C=O) groups excluding carboxylic acids is 3. The topological polar surface area (TPSA) is 81.1 Å². The van der Waals surface area contributed by atoms with E-state index >= 15 is 0 Å². The van der Waals surface area contributed by atoms with Gasteiger partial charge >= 0.3 is 0 Å². The first-order valence-electron chi connectivity index (χ1n) is 9.86. The van der Waals surface area contributed by atoms with Crippen LogP contribution < -0.4 is 5.32 Å². The van der Waals surface area contributed by atoms with Crippen LogP contribution in [-0.2, 0) is 4.79 Å². The van der Waals surface area contributed by atoms with Gasteiger partial charge < -0.3 is 9.88 Å². The van der Waals surface area contributed by atoms with Gasteiger partial charge in [-0.25, -0.2) is 4.98 Å². The van der Waals surface area contributed by atoms with Crippen LogP contribution in [0.25, 0.3) is 0 Å². The minimum absolute atomic E-state index is 0.172. The number of hydrogen-bond acceptors (Lipinski definition) is 5. The number of benzene rings is 2. The Hall–Kier alpha value is -3.19. The van der Waals surface area contributed by atoms with Gasteiger partial charge in [0.15, 0.2) is 16.7 Å². The molecule has 6 nitrogen and oxygen atoms in total. The van der Waals surface area contributed by atoms with Crippen molar-refractivity contribution in [2.45, 2.75) is 36.2 Å². The summed E-state index contributed by atoms with van der Waals surface area (Å²) in [6.07, 6.45) is 6.01. The molecule has 2 aromatic carbocycles. The lowest BCUT2D eigenvalue weighted by Crippen LogP contribution is -2.24. The maximum atomic E-state index is 12.9. The fraction of sp³-hybridized carbons (Fsp3) is 0.217. The van der Waals surface area contributed by atoms with Gasteiger partial charge in [0.1, 0.15) is 0 Å². The highest BCUT2D eigenvalue weighted by Crippen LogP contribution is 2.38. The number of fused-ring (bicyclic) bond motifs is 2. The summed E-state index contributed by atoms with van der Waals surface area (Å²) in [4.78, 5) is 42.7. The third-order valence-corrected chi connectivity index (χ3v) is 6.51. The Morgan fingerprint density at radius 2 is 1.73 bits per heavy atom. The Bertz CT molecular complexity index is 1200. The molecule has 150 valence electrons. The van der Waals surface area contributed by atoms with Crippen LogP contribution in [0.1, 0.15) is 57.7 Å². The second-order valence-electron chi connectivity index (χ2n) is 7.56. The molecule has 0 bridgehead atoms. The summed E-state index contributed by atoms with van der Waals surface area (Å²) in [5, 5.41) is 3.34. The molecule has 1 unspecified atom stereocenters. The zero-order chi connectivity index (χ0) is 20.8. The van der Waals surface area contributed by atoms with Gasteiger partial charge in [-0.1, -0.05) is 36.0 Å². The molecule has 0 saturated heterocycles. The fourth-order valence-corrected chi connectivity index (χ4v) is 4.59. The van der Waals surface area contributed by atoms with Crippen LogP contribution >= 0.6 is 11.8 Å². The standard InChI is InChI=1S/C23H19N3O3S/c1-13(30-23-24-10-11-26(23)15-7-8-15)22(29)25-14-6-9-18-19(12-14)21(28)17-5-3-2-4-16(17)20(18)27/h2-6,9-13,15H,7-8H2,1H3,(H,25,29). The van der Waals surface area contributed by atoms with Crippen molar-refractivity contribution in [2.75, 3.05) is 5.32 Å². The van der Waals surface area contributed by atoms with Crippen LogP contribution in [0.4, 0.5) is 5.69 Å². The number of rotatable bonds is 5. The Morgan fingerprint density at radius 3 is 2.43 bits per heavy atom. The first-order chi connectivity index (χ1) is 14.5. The highest BCUT2D eigenvalue weighted by atomic mass is 32.2. The van der Waals surface area contributed by atoms with Gasteiger partial charge in [0, 0.05) is 46.4 Å². The predicted octanol–water partition coefficient (Wildman–Crippen LogP) is 4.11. The van der Waals surface area contributed by atoms with E-state index in [9.17, 15) is 14.4 Å². The molecule has 0 radical (unpaired) electrons. The van der Waals surface area contributed by atoms with Gasteiger partial charge in [0.25, 0.3) is 0 Å². The average molecular weight is 417 g/mol. The van der Waals surface area contributed by atoms with Crippen molar-refractivity contribution in [2.24, 2.45) is 0 Å². The van der Waals surface area contributed by atoms with Crippen LogP contribution in [0.15, 0.2) is 60.0 Å². The first-order valence-corrected chi connectivity index (χ1v) is 10.7. The van der Waals surface area contributed by atoms with Crippen molar-refractivity contribution >= 4 is 34.9 Å². The molecule has 1 atom stereocenters. The molecule has 1 aromatic heterocycles. The van der Waals surface area contributed by atoms with Gasteiger partial charge in [0.2, 0.25) is 5.91 Å². The van der Waals surface area contributed by atoms with E-state index in [1.165, 1.54) is 11.8 Å². The van der Waals surface area contributed by atoms with Crippen molar-refractivity contribution in [3.8, 4) is 0 Å². The molecule has 1 N–H and O–H groups in total. The van der Waals surface area contributed by atoms with Crippen molar-refractivity contribution < 1.29 is 14.4 Å². The molecule has 7 heteroatoms.